The van der Waals surface area contributed by atoms with Gasteiger partial charge in [-0.1, -0.05) is 43.5 Å². The highest BCUT2D eigenvalue weighted by Gasteiger charge is 2.22. The minimum atomic E-state index is 0.406. The van der Waals surface area contributed by atoms with Crippen LogP contribution >= 0.6 is 0 Å². The molecule has 0 spiro atoms. The Hall–Kier alpha value is -2.73. The molecule has 1 aliphatic heterocycles. The van der Waals surface area contributed by atoms with Gasteiger partial charge in [-0.2, -0.15) is 4.98 Å². The monoisotopic (exact) mass is 346 g/mol. The molecule has 0 radical (unpaired) electrons. The van der Waals surface area contributed by atoms with Gasteiger partial charge in [0.05, 0.1) is 0 Å². The minimum absolute atomic E-state index is 0.406. The van der Waals surface area contributed by atoms with Crippen molar-refractivity contribution in [1.82, 2.24) is 4.98 Å². The number of hydrogen-bond acceptors (Lipinski definition) is 3. The summed E-state index contributed by atoms with van der Waals surface area (Å²) in [6.07, 6.45) is 3.78. The first kappa shape index (κ1) is 18.1. The lowest BCUT2D eigenvalue weighted by molar-refractivity contribution is 0.434. The van der Waals surface area contributed by atoms with Gasteiger partial charge in [0.1, 0.15) is 5.82 Å². The van der Waals surface area contributed by atoms with Crippen molar-refractivity contribution in [2.45, 2.75) is 33.1 Å². The summed E-state index contributed by atoms with van der Waals surface area (Å²) in [5, 5.41) is 0. The maximum absolute atomic E-state index is 5.74. The van der Waals surface area contributed by atoms with Crippen LogP contribution in [0.5, 0.6) is 5.88 Å². The summed E-state index contributed by atoms with van der Waals surface area (Å²) in [5.74, 6) is 8.79. The molecule has 0 N–H and O–H groups in total. The predicted octanol–water partition coefficient (Wildman–Crippen LogP) is 4.96. The highest BCUT2D eigenvalue weighted by molar-refractivity contribution is 5.45. The molecule has 0 aliphatic carbocycles. The maximum atomic E-state index is 5.74. The molecule has 1 aromatic heterocycles. The van der Waals surface area contributed by atoms with E-state index in [0.29, 0.717) is 11.6 Å². The smallest absolute Gasteiger partial charge is 0.222 e. The van der Waals surface area contributed by atoms with Crippen LogP contribution in [0.2, 0.25) is 0 Å². The van der Waals surface area contributed by atoms with Gasteiger partial charge in [-0.05, 0) is 55.9 Å². The summed E-state index contributed by atoms with van der Waals surface area (Å²) < 4.78 is 5.74. The summed E-state index contributed by atoms with van der Waals surface area (Å²) in [6, 6.07) is 13.9. The zero-order valence-corrected chi connectivity index (χ0v) is 15.7. The lowest BCUT2D eigenvalue weighted by Gasteiger charge is -2.18. The van der Waals surface area contributed by atoms with E-state index in [1.54, 1.807) is 0 Å². The van der Waals surface area contributed by atoms with Gasteiger partial charge in [0, 0.05) is 24.7 Å². The number of aryl methyl sites for hydroxylation is 1. The highest BCUT2D eigenvalue weighted by Crippen LogP contribution is 2.26. The van der Waals surface area contributed by atoms with Crippen LogP contribution in [0.15, 0.2) is 54.8 Å². The van der Waals surface area contributed by atoms with E-state index in [1.165, 1.54) is 19.3 Å². The third-order valence-electron chi connectivity index (χ3n) is 4.73. The van der Waals surface area contributed by atoms with E-state index in [1.807, 2.05) is 49.4 Å². The van der Waals surface area contributed by atoms with Gasteiger partial charge in [0.15, 0.2) is 5.76 Å². The Morgan fingerprint density at radius 3 is 2.92 bits per heavy atom. The van der Waals surface area contributed by atoms with E-state index >= 15 is 0 Å². The minimum Gasteiger partial charge on any atom is -0.431 e. The van der Waals surface area contributed by atoms with Crippen molar-refractivity contribution < 1.29 is 4.74 Å². The van der Waals surface area contributed by atoms with E-state index in [2.05, 4.69) is 35.2 Å². The number of allylic oxidation sites excluding steroid dienone is 1. The topological polar surface area (TPSA) is 25.4 Å². The van der Waals surface area contributed by atoms with Gasteiger partial charge in [0.2, 0.25) is 5.88 Å². The van der Waals surface area contributed by atoms with Crippen LogP contribution in [0.4, 0.5) is 5.82 Å². The van der Waals surface area contributed by atoms with Crippen molar-refractivity contribution in [2.75, 3.05) is 18.0 Å². The average Bonchev–Trinajstić information content (AvgIpc) is 3.10. The van der Waals surface area contributed by atoms with Gasteiger partial charge in [0.25, 0.3) is 0 Å². The number of rotatable bonds is 5. The van der Waals surface area contributed by atoms with Gasteiger partial charge in [-0.3, -0.25) is 0 Å². The summed E-state index contributed by atoms with van der Waals surface area (Å²) in [5.41, 5.74) is 2.13. The molecule has 1 aromatic carbocycles. The molecular weight excluding hydrogens is 320 g/mol. The van der Waals surface area contributed by atoms with Crippen LogP contribution in [0.25, 0.3) is 0 Å². The number of anilines is 1. The number of benzene rings is 1. The van der Waals surface area contributed by atoms with E-state index in [4.69, 9.17) is 4.74 Å². The third kappa shape index (κ3) is 4.67. The van der Waals surface area contributed by atoms with E-state index in [9.17, 15) is 0 Å². The van der Waals surface area contributed by atoms with Gasteiger partial charge >= 0.3 is 0 Å². The zero-order valence-electron chi connectivity index (χ0n) is 15.7. The Morgan fingerprint density at radius 1 is 1.27 bits per heavy atom. The van der Waals surface area contributed by atoms with Crippen LogP contribution in [-0.4, -0.2) is 18.1 Å². The molecule has 1 unspecified atom stereocenters. The molecule has 1 saturated heterocycles. The van der Waals surface area contributed by atoms with Crippen LogP contribution in [0.1, 0.15) is 37.3 Å². The van der Waals surface area contributed by atoms with Crippen molar-refractivity contribution >= 4 is 5.82 Å². The summed E-state index contributed by atoms with van der Waals surface area (Å²) in [4.78, 5) is 6.98. The quantitative estimate of drug-likeness (QED) is 0.565. The Morgan fingerprint density at radius 2 is 2.12 bits per heavy atom. The largest absolute Gasteiger partial charge is 0.431 e. The Balaban J connectivity index is 1.64. The van der Waals surface area contributed by atoms with Crippen LogP contribution in [-0.2, 0) is 0 Å². The molecule has 0 bridgehead atoms. The fraction of sp³-hybridized carbons (Fsp3) is 0.348. The number of aromatic nitrogens is 1. The molecule has 0 amide bonds. The standard InChI is InChI=1S/C23H26N2O/c1-4-8-20-15-16-25(17-20)22-11-7-12-23(24-22)26-19(3)13-14-21-10-6-5-9-18(21)2/h5-7,9-12,20H,3-4,8,15-17H2,1-2H3. The summed E-state index contributed by atoms with van der Waals surface area (Å²) in [6.45, 7) is 10.3. The van der Waals surface area contributed by atoms with E-state index < -0.39 is 0 Å². The summed E-state index contributed by atoms with van der Waals surface area (Å²) >= 11 is 0. The summed E-state index contributed by atoms with van der Waals surface area (Å²) in [7, 11) is 0. The maximum Gasteiger partial charge on any atom is 0.222 e. The second kappa shape index (κ2) is 8.58. The molecule has 3 heteroatoms. The number of ether oxygens (including phenoxy) is 1. The Kier molecular flexibility index (Phi) is 5.96. The van der Waals surface area contributed by atoms with Crippen LogP contribution in [0, 0.1) is 24.7 Å². The molecule has 3 rings (SSSR count). The number of hydrogen-bond donors (Lipinski definition) is 0. The van der Waals surface area contributed by atoms with Crippen molar-refractivity contribution in [2.24, 2.45) is 5.92 Å². The first-order valence-corrected chi connectivity index (χ1v) is 9.32. The lowest BCUT2D eigenvalue weighted by Crippen LogP contribution is -2.20. The Labute approximate surface area is 156 Å². The number of nitrogens with zero attached hydrogens (tertiary/aromatic N) is 2. The van der Waals surface area contributed by atoms with Crippen molar-refractivity contribution in [1.29, 1.82) is 0 Å². The van der Waals surface area contributed by atoms with Crippen molar-refractivity contribution in [3.05, 3.63) is 65.9 Å². The predicted molar refractivity (Wildman–Crippen MR) is 107 cm³/mol. The Bertz CT molecular complexity index is 831. The second-order valence-electron chi connectivity index (χ2n) is 6.81. The third-order valence-corrected chi connectivity index (χ3v) is 4.73. The lowest BCUT2D eigenvalue weighted by atomic mass is 10.0. The fourth-order valence-corrected chi connectivity index (χ4v) is 3.32. The molecule has 1 aliphatic rings. The molecule has 26 heavy (non-hydrogen) atoms. The van der Waals surface area contributed by atoms with Crippen LogP contribution in [0.3, 0.4) is 0 Å². The van der Waals surface area contributed by atoms with Gasteiger partial charge < -0.3 is 9.64 Å². The molecule has 3 nitrogen and oxygen atoms in total. The molecule has 2 heterocycles. The molecule has 2 aromatic rings. The van der Waals surface area contributed by atoms with Gasteiger partial charge in [-0.15, -0.1) is 0 Å². The van der Waals surface area contributed by atoms with Crippen molar-refractivity contribution in [3.63, 3.8) is 0 Å². The number of pyridine rings is 1. The zero-order chi connectivity index (χ0) is 18.4. The second-order valence-corrected chi connectivity index (χ2v) is 6.81. The molecule has 1 fully saturated rings. The van der Waals surface area contributed by atoms with E-state index in [0.717, 1.165) is 36.0 Å². The first-order valence-electron chi connectivity index (χ1n) is 9.32. The molecular formula is C23H26N2O. The molecule has 1 atom stereocenters. The van der Waals surface area contributed by atoms with Crippen molar-refractivity contribution in [3.8, 4) is 17.7 Å². The van der Waals surface area contributed by atoms with Gasteiger partial charge in [-0.25, -0.2) is 0 Å². The SMILES string of the molecule is C=C(C#Cc1ccccc1C)Oc1cccc(N2CCC(CCC)C2)n1. The average molecular weight is 346 g/mol. The molecule has 134 valence electrons. The first-order chi connectivity index (χ1) is 12.7. The normalized spacial score (nSPS) is 16.1. The fourth-order valence-electron chi connectivity index (χ4n) is 3.32. The van der Waals surface area contributed by atoms with Crippen LogP contribution < -0.4 is 9.64 Å². The molecule has 0 saturated carbocycles. The highest BCUT2D eigenvalue weighted by atomic mass is 16.5. The van der Waals surface area contributed by atoms with E-state index in [-0.39, 0.29) is 0 Å².